The van der Waals surface area contributed by atoms with E-state index in [1.54, 1.807) is 6.92 Å². The fourth-order valence-electron chi connectivity index (χ4n) is 8.77. The van der Waals surface area contributed by atoms with Crippen molar-refractivity contribution in [2.45, 2.75) is 90.4 Å². The van der Waals surface area contributed by atoms with E-state index >= 15 is 0 Å². The number of nitrogens with zero attached hydrogens (tertiary/aromatic N) is 1. The summed E-state index contributed by atoms with van der Waals surface area (Å²) in [6, 6.07) is 0.00104. The summed E-state index contributed by atoms with van der Waals surface area (Å²) >= 11 is 0. The highest BCUT2D eigenvalue weighted by atomic mass is 16.5. The number of ether oxygens (including phenoxy) is 1. The number of aliphatic hydroxyl groups is 1. The summed E-state index contributed by atoms with van der Waals surface area (Å²) in [5.74, 6) is 0.822. The first-order chi connectivity index (χ1) is 14.1. The summed E-state index contributed by atoms with van der Waals surface area (Å²) in [5.41, 5.74) is 0.339. The van der Waals surface area contributed by atoms with Gasteiger partial charge in [-0.1, -0.05) is 19.9 Å². The van der Waals surface area contributed by atoms with Gasteiger partial charge in [0.25, 0.3) is 0 Å². The third kappa shape index (κ3) is 2.42. The number of rotatable bonds is 3. The number of fused-ring (bicyclic) bond motifs is 2. The van der Waals surface area contributed by atoms with Crippen molar-refractivity contribution in [3.63, 3.8) is 0 Å². The molecule has 9 atom stereocenters. The van der Waals surface area contributed by atoms with Crippen LogP contribution in [0.4, 0.5) is 0 Å². The van der Waals surface area contributed by atoms with Crippen LogP contribution in [0.2, 0.25) is 0 Å². The lowest BCUT2D eigenvalue weighted by atomic mass is 9.34. The Labute approximate surface area is 179 Å². The van der Waals surface area contributed by atoms with Crippen LogP contribution in [-0.2, 0) is 14.3 Å². The molecule has 5 saturated carbocycles. The van der Waals surface area contributed by atoms with Crippen molar-refractivity contribution in [2.24, 2.45) is 39.0 Å². The minimum atomic E-state index is -0.619. The molecule has 1 spiro atoms. The van der Waals surface area contributed by atoms with Crippen molar-refractivity contribution in [3.8, 4) is 0 Å². The van der Waals surface area contributed by atoms with E-state index in [2.05, 4.69) is 19.7 Å². The molecule has 1 heterocycles. The van der Waals surface area contributed by atoms with Crippen LogP contribution in [0.5, 0.6) is 0 Å². The predicted octanol–water partition coefficient (Wildman–Crippen LogP) is 3.88. The maximum Gasteiger partial charge on any atom is 0.302 e. The molecule has 6 aliphatic rings. The van der Waals surface area contributed by atoms with Crippen LogP contribution in [0.1, 0.15) is 72.1 Å². The summed E-state index contributed by atoms with van der Waals surface area (Å²) < 4.78 is 6.02. The zero-order chi connectivity index (χ0) is 21.5. The van der Waals surface area contributed by atoms with Gasteiger partial charge in [0.1, 0.15) is 11.9 Å². The minimum absolute atomic E-state index is 0.00104. The standard InChI is InChI=1S/C25H35NO4/c1-14(27)10-20-23(4)7-5-8-24(13-26-20)18(23)12-21(30-16(3)28)25-9-6-17(11-19(24)25)15(2)22(25)29/h13,17-22,29H,2,5-12H2,1,3-4H3. The number of Topliss-reactive ketones (excluding diaryl/α,β-unsaturated/α-hetero) is 1. The predicted molar refractivity (Wildman–Crippen MR) is 114 cm³/mol. The summed E-state index contributed by atoms with van der Waals surface area (Å²) in [6.07, 6.45) is 8.69. The van der Waals surface area contributed by atoms with E-state index in [9.17, 15) is 14.7 Å². The highest BCUT2D eigenvalue weighted by Crippen LogP contribution is 2.73. The lowest BCUT2D eigenvalue weighted by Gasteiger charge is -2.72. The van der Waals surface area contributed by atoms with Gasteiger partial charge in [-0.2, -0.15) is 0 Å². The zero-order valence-electron chi connectivity index (χ0n) is 18.5. The molecule has 5 heteroatoms. The van der Waals surface area contributed by atoms with Crippen molar-refractivity contribution < 1.29 is 19.4 Å². The van der Waals surface area contributed by atoms with Gasteiger partial charge < -0.3 is 9.84 Å². The van der Waals surface area contributed by atoms with Crippen molar-refractivity contribution in [1.29, 1.82) is 0 Å². The van der Waals surface area contributed by atoms with Crippen LogP contribution in [0.3, 0.4) is 0 Å². The van der Waals surface area contributed by atoms with Crippen LogP contribution in [0.15, 0.2) is 17.1 Å². The average molecular weight is 414 g/mol. The molecule has 164 valence electrons. The van der Waals surface area contributed by atoms with Gasteiger partial charge in [0, 0.05) is 30.4 Å². The van der Waals surface area contributed by atoms with E-state index in [-0.39, 0.29) is 40.6 Å². The monoisotopic (exact) mass is 413 g/mol. The van der Waals surface area contributed by atoms with E-state index in [0.717, 1.165) is 50.5 Å². The summed E-state index contributed by atoms with van der Waals surface area (Å²) in [6.45, 7) is 9.71. The summed E-state index contributed by atoms with van der Waals surface area (Å²) in [7, 11) is 0. The van der Waals surface area contributed by atoms with Crippen molar-refractivity contribution in [1.82, 2.24) is 0 Å². The smallest absolute Gasteiger partial charge is 0.302 e. The van der Waals surface area contributed by atoms with E-state index in [1.165, 1.54) is 6.92 Å². The van der Waals surface area contributed by atoms with Gasteiger partial charge in [0.05, 0.1) is 12.1 Å². The first-order valence-corrected chi connectivity index (χ1v) is 11.7. The molecule has 30 heavy (non-hydrogen) atoms. The molecule has 0 aromatic heterocycles. The lowest BCUT2D eigenvalue weighted by Crippen LogP contribution is -2.72. The first-order valence-electron chi connectivity index (χ1n) is 11.7. The fourth-order valence-corrected chi connectivity index (χ4v) is 8.77. The fraction of sp³-hybridized carbons (Fsp3) is 0.800. The van der Waals surface area contributed by atoms with E-state index < -0.39 is 11.5 Å². The SMILES string of the molecule is C=C1C2CCC3(C(OC(C)=O)CC4C5(C)CCCC4(C=NC5CC(C)=O)C3C2)C1O. The Balaban J connectivity index is 1.66. The van der Waals surface area contributed by atoms with Gasteiger partial charge in [-0.3, -0.25) is 14.6 Å². The Morgan fingerprint density at radius 2 is 2.00 bits per heavy atom. The highest BCUT2D eigenvalue weighted by molar-refractivity contribution is 5.78. The maximum atomic E-state index is 12.1. The molecule has 6 rings (SSSR count). The molecular weight excluding hydrogens is 378 g/mol. The second-order valence-corrected chi connectivity index (χ2v) is 11.2. The third-order valence-corrected chi connectivity index (χ3v) is 9.99. The average Bonchev–Trinajstić information content (AvgIpc) is 2.68. The van der Waals surface area contributed by atoms with Crippen molar-refractivity contribution >= 4 is 18.0 Å². The van der Waals surface area contributed by atoms with Crippen LogP contribution >= 0.6 is 0 Å². The van der Waals surface area contributed by atoms with Gasteiger partial charge in [-0.05, 0) is 74.2 Å². The van der Waals surface area contributed by atoms with Crippen LogP contribution in [-0.4, -0.2) is 41.3 Å². The van der Waals surface area contributed by atoms with Crippen LogP contribution in [0.25, 0.3) is 0 Å². The van der Waals surface area contributed by atoms with Gasteiger partial charge >= 0.3 is 5.97 Å². The number of ketones is 1. The largest absolute Gasteiger partial charge is 0.462 e. The van der Waals surface area contributed by atoms with E-state index in [4.69, 9.17) is 9.73 Å². The topological polar surface area (TPSA) is 76.0 Å². The van der Waals surface area contributed by atoms with Crippen LogP contribution in [0, 0.1) is 34.0 Å². The molecule has 1 aliphatic heterocycles. The molecule has 0 saturated heterocycles. The Morgan fingerprint density at radius 1 is 1.23 bits per heavy atom. The molecule has 5 nitrogen and oxygen atoms in total. The maximum absolute atomic E-state index is 12.1. The number of esters is 1. The molecule has 0 aromatic rings. The quantitative estimate of drug-likeness (QED) is 0.563. The van der Waals surface area contributed by atoms with Gasteiger partial charge in [-0.15, -0.1) is 0 Å². The Kier molecular flexibility index (Phi) is 4.43. The second-order valence-electron chi connectivity index (χ2n) is 11.2. The van der Waals surface area contributed by atoms with Crippen molar-refractivity contribution in [3.05, 3.63) is 12.2 Å². The van der Waals surface area contributed by atoms with Gasteiger partial charge in [0.15, 0.2) is 0 Å². The molecule has 9 unspecified atom stereocenters. The minimum Gasteiger partial charge on any atom is -0.462 e. The number of aliphatic imine (C=N–C) groups is 1. The molecule has 4 bridgehead atoms. The third-order valence-electron chi connectivity index (χ3n) is 9.99. The molecule has 0 aromatic carbocycles. The normalized spacial score (nSPS) is 51.1. The first kappa shape index (κ1) is 20.4. The van der Waals surface area contributed by atoms with E-state index in [1.807, 2.05) is 0 Å². The highest BCUT2D eigenvalue weighted by Gasteiger charge is 2.73. The number of carbonyl (C=O) groups excluding carboxylic acids is 2. The number of aliphatic hydroxyl groups excluding tert-OH is 1. The zero-order valence-corrected chi connectivity index (χ0v) is 18.5. The molecule has 0 radical (unpaired) electrons. The Morgan fingerprint density at radius 3 is 2.70 bits per heavy atom. The second kappa shape index (κ2) is 6.51. The van der Waals surface area contributed by atoms with Gasteiger partial charge in [0.2, 0.25) is 0 Å². The number of carbonyl (C=O) groups is 2. The van der Waals surface area contributed by atoms with Gasteiger partial charge in [-0.25, -0.2) is 0 Å². The summed E-state index contributed by atoms with van der Waals surface area (Å²) in [5, 5.41) is 11.5. The molecular formula is C25H35NO4. The number of hydrogen-bond acceptors (Lipinski definition) is 5. The molecule has 5 aliphatic carbocycles. The van der Waals surface area contributed by atoms with E-state index in [0.29, 0.717) is 18.3 Å². The van der Waals surface area contributed by atoms with Crippen molar-refractivity contribution in [2.75, 3.05) is 0 Å². The molecule has 5 fully saturated rings. The lowest BCUT2D eigenvalue weighted by molar-refractivity contribution is -0.247. The summed E-state index contributed by atoms with van der Waals surface area (Å²) in [4.78, 5) is 29.2. The number of hydrogen-bond donors (Lipinski definition) is 1. The molecule has 1 N–H and O–H groups in total. The Bertz CT molecular complexity index is 835. The molecule has 0 amide bonds. The Hall–Kier alpha value is -1.49. The van der Waals surface area contributed by atoms with Crippen LogP contribution < -0.4 is 0 Å².